The monoisotopic (exact) mass is 290 g/mol. The summed E-state index contributed by atoms with van der Waals surface area (Å²) in [6, 6.07) is 7.48. The number of benzene rings is 1. The first-order valence-corrected chi connectivity index (χ1v) is 9.64. The molecule has 0 fully saturated rings. The summed E-state index contributed by atoms with van der Waals surface area (Å²) in [6.45, 7) is 5.56. The highest BCUT2D eigenvalue weighted by molar-refractivity contribution is 7.34. The summed E-state index contributed by atoms with van der Waals surface area (Å²) in [7, 11) is -1.67. The van der Waals surface area contributed by atoms with E-state index in [4.69, 9.17) is 26.9 Å². The molecule has 2 atom stereocenters. The number of hydrogen-bond acceptors (Lipinski definition) is 2. The van der Waals surface area contributed by atoms with E-state index in [9.17, 15) is 4.79 Å². The average molecular weight is 291 g/mol. The van der Waals surface area contributed by atoms with Crippen molar-refractivity contribution >= 4 is 35.5 Å². The Bertz CT molecular complexity index is 379. The molecule has 0 aromatic heterocycles. The van der Waals surface area contributed by atoms with Crippen molar-refractivity contribution in [2.24, 2.45) is 0 Å². The summed E-state index contributed by atoms with van der Waals surface area (Å²) >= 11 is 12.0. The van der Waals surface area contributed by atoms with E-state index in [0.29, 0.717) is 17.2 Å². The minimum atomic E-state index is -1.67. The maximum absolute atomic E-state index is 10.8. The summed E-state index contributed by atoms with van der Waals surface area (Å²) in [6.07, 6.45) is 0. The molecule has 17 heavy (non-hydrogen) atoms. The Hall–Kier alpha value is -0.513. The van der Waals surface area contributed by atoms with Crippen molar-refractivity contribution < 1.29 is 9.53 Å². The van der Waals surface area contributed by atoms with Gasteiger partial charge in [-0.3, -0.25) is 4.79 Å². The molecule has 1 rings (SSSR count). The van der Waals surface area contributed by atoms with Gasteiger partial charge in [-0.15, -0.1) is 0 Å². The Balaban J connectivity index is 2.76. The molecule has 2 nitrogen and oxygen atoms in total. The fourth-order valence-corrected chi connectivity index (χ4v) is 3.50. The minimum Gasteiger partial charge on any atom is -0.427 e. The number of halogens is 2. The Morgan fingerprint density at radius 3 is 2.18 bits per heavy atom. The fraction of sp³-hybridized carbons (Fsp3) is 0.417. The Labute approximate surface area is 113 Å². The normalized spacial score (nSPS) is 14.5. The minimum absolute atomic E-state index is 0.304. The lowest BCUT2D eigenvalue weighted by atomic mass is 9.98. The van der Waals surface area contributed by atoms with Crippen LogP contribution in [0.2, 0.25) is 5.54 Å². The second kappa shape index (κ2) is 6.43. The average Bonchev–Trinajstić information content (AvgIpc) is 2.27. The SMILES string of the molecule is CC(=O)Oc1ccc(C(C)C(C)[SiH](Cl)Cl)cc1. The van der Waals surface area contributed by atoms with Gasteiger partial charge in [-0.2, -0.15) is 22.2 Å². The van der Waals surface area contributed by atoms with E-state index < -0.39 is 7.42 Å². The van der Waals surface area contributed by atoms with Gasteiger partial charge in [0.25, 0.3) is 0 Å². The first kappa shape index (κ1) is 14.5. The van der Waals surface area contributed by atoms with Gasteiger partial charge in [0.05, 0.1) is 0 Å². The summed E-state index contributed by atoms with van der Waals surface area (Å²) in [4.78, 5) is 10.8. The molecule has 0 spiro atoms. The van der Waals surface area contributed by atoms with Crippen LogP contribution in [-0.2, 0) is 4.79 Å². The first-order valence-electron chi connectivity index (χ1n) is 5.48. The van der Waals surface area contributed by atoms with E-state index in [1.54, 1.807) is 12.1 Å². The number of hydrogen-bond donors (Lipinski definition) is 0. The van der Waals surface area contributed by atoms with Crippen molar-refractivity contribution in [3.05, 3.63) is 29.8 Å². The molecular weight excluding hydrogens is 275 g/mol. The largest absolute Gasteiger partial charge is 0.427 e. The van der Waals surface area contributed by atoms with Crippen molar-refractivity contribution in [3.8, 4) is 5.75 Å². The lowest BCUT2D eigenvalue weighted by Crippen LogP contribution is -2.11. The molecule has 0 radical (unpaired) electrons. The molecule has 0 saturated heterocycles. The zero-order valence-corrected chi connectivity index (χ0v) is 12.8. The van der Waals surface area contributed by atoms with Crippen molar-refractivity contribution in [1.29, 1.82) is 0 Å². The van der Waals surface area contributed by atoms with Gasteiger partial charge in [0, 0.05) is 6.92 Å². The van der Waals surface area contributed by atoms with Crippen LogP contribution in [0.15, 0.2) is 24.3 Å². The second-order valence-electron chi connectivity index (χ2n) is 4.14. The smallest absolute Gasteiger partial charge is 0.308 e. The van der Waals surface area contributed by atoms with Gasteiger partial charge >= 0.3 is 5.97 Å². The van der Waals surface area contributed by atoms with Crippen molar-refractivity contribution in [2.45, 2.75) is 32.2 Å². The third-order valence-electron chi connectivity index (χ3n) is 2.85. The highest BCUT2D eigenvalue weighted by atomic mass is 35.7. The van der Waals surface area contributed by atoms with E-state index in [1.807, 2.05) is 12.1 Å². The molecule has 0 aliphatic carbocycles. The van der Waals surface area contributed by atoms with Crippen LogP contribution in [0.4, 0.5) is 0 Å². The molecule has 0 N–H and O–H groups in total. The van der Waals surface area contributed by atoms with Gasteiger partial charge in [0.2, 0.25) is 7.42 Å². The molecule has 0 bridgehead atoms. The van der Waals surface area contributed by atoms with Gasteiger partial charge < -0.3 is 4.74 Å². The molecule has 5 heteroatoms. The predicted octanol–water partition coefficient (Wildman–Crippen LogP) is 3.80. The van der Waals surface area contributed by atoms with Crippen LogP contribution in [0.25, 0.3) is 0 Å². The molecule has 0 heterocycles. The molecular formula is C12H16Cl2O2Si. The van der Waals surface area contributed by atoms with E-state index >= 15 is 0 Å². The van der Waals surface area contributed by atoms with Gasteiger partial charge in [0.15, 0.2) is 0 Å². The van der Waals surface area contributed by atoms with Gasteiger partial charge in [0.1, 0.15) is 5.75 Å². The zero-order chi connectivity index (χ0) is 13.0. The Kier molecular flexibility index (Phi) is 5.50. The topological polar surface area (TPSA) is 26.3 Å². The summed E-state index contributed by atoms with van der Waals surface area (Å²) in [5.41, 5.74) is 1.46. The number of esters is 1. The molecule has 0 saturated carbocycles. The number of carbonyl (C=O) groups excluding carboxylic acids is 1. The van der Waals surface area contributed by atoms with Crippen LogP contribution in [0.1, 0.15) is 32.3 Å². The molecule has 0 aliphatic rings. The second-order valence-corrected chi connectivity index (χ2v) is 9.36. The third kappa shape index (κ3) is 4.34. The van der Waals surface area contributed by atoms with Crippen LogP contribution in [0, 0.1) is 0 Å². The first-order chi connectivity index (χ1) is 7.91. The molecule has 94 valence electrons. The summed E-state index contributed by atoms with van der Waals surface area (Å²) < 4.78 is 4.97. The van der Waals surface area contributed by atoms with Crippen LogP contribution in [0.5, 0.6) is 5.75 Å². The molecule has 0 aliphatic heterocycles. The van der Waals surface area contributed by atoms with Crippen LogP contribution >= 0.6 is 22.2 Å². The zero-order valence-electron chi connectivity index (χ0n) is 10.1. The highest BCUT2D eigenvalue weighted by Crippen LogP contribution is 2.34. The van der Waals surface area contributed by atoms with Crippen LogP contribution < -0.4 is 4.74 Å². The number of ether oxygens (including phenoxy) is 1. The summed E-state index contributed by atoms with van der Waals surface area (Å²) in [5, 5.41) is 0. The molecule has 0 amide bonds. The highest BCUT2D eigenvalue weighted by Gasteiger charge is 2.22. The van der Waals surface area contributed by atoms with Crippen LogP contribution in [-0.4, -0.2) is 13.4 Å². The maximum Gasteiger partial charge on any atom is 0.308 e. The van der Waals surface area contributed by atoms with Gasteiger partial charge in [-0.25, -0.2) is 0 Å². The predicted molar refractivity (Wildman–Crippen MR) is 74.4 cm³/mol. The Morgan fingerprint density at radius 2 is 1.76 bits per heavy atom. The van der Waals surface area contributed by atoms with Crippen molar-refractivity contribution in [3.63, 3.8) is 0 Å². The van der Waals surface area contributed by atoms with Crippen molar-refractivity contribution in [2.75, 3.05) is 0 Å². The van der Waals surface area contributed by atoms with E-state index in [1.165, 1.54) is 6.92 Å². The number of rotatable bonds is 4. The quantitative estimate of drug-likeness (QED) is 0.365. The third-order valence-corrected chi connectivity index (χ3v) is 6.61. The molecule has 2 unspecified atom stereocenters. The van der Waals surface area contributed by atoms with Crippen LogP contribution in [0.3, 0.4) is 0 Å². The number of carbonyl (C=O) groups is 1. The fourth-order valence-electron chi connectivity index (χ4n) is 1.53. The standard InChI is InChI=1S/C12H16Cl2O2Si/c1-8(9(2)17(13)14)11-4-6-12(7-5-11)16-10(3)15/h4-9,17H,1-3H3. The van der Waals surface area contributed by atoms with Crippen molar-refractivity contribution in [1.82, 2.24) is 0 Å². The lowest BCUT2D eigenvalue weighted by molar-refractivity contribution is -0.131. The summed E-state index contributed by atoms with van der Waals surface area (Å²) in [5.74, 6) is 0.563. The van der Waals surface area contributed by atoms with E-state index in [-0.39, 0.29) is 5.97 Å². The van der Waals surface area contributed by atoms with E-state index in [2.05, 4.69) is 13.8 Å². The lowest BCUT2D eigenvalue weighted by Gasteiger charge is -2.20. The van der Waals surface area contributed by atoms with E-state index in [0.717, 1.165) is 5.56 Å². The van der Waals surface area contributed by atoms with Gasteiger partial charge in [-0.05, 0) is 29.2 Å². The Morgan fingerprint density at radius 1 is 1.24 bits per heavy atom. The van der Waals surface area contributed by atoms with Gasteiger partial charge in [-0.1, -0.05) is 26.0 Å². The molecule has 1 aromatic carbocycles. The maximum atomic E-state index is 10.8. The molecule has 1 aromatic rings.